The molecule has 0 saturated carbocycles. The molecular formula is C21H22N2O4. The van der Waals surface area contributed by atoms with Gasteiger partial charge >= 0.3 is 0 Å². The van der Waals surface area contributed by atoms with Crippen LogP contribution in [0.2, 0.25) is 0 Å². The molecule has 1 heterocycles. The fraction of sp³-hybridized carbons (Fsp3) is 0.238. The summed E-state index contributed by atoms with van der Waals surface area (Å²) in [5.74, 6) is 1.01. The van der Waals surface area contributed by atoms with Crippen LogP contribution < -0.4 is 20.3 Å². The van der Waals surface area contributed by atoms with Gasteiger partial charge in [-0.25, -0.2) is 0 Å². The molecule has 0 aliphatic carbocycles. The first-order valence-corrected chi connectivity index (χ1v) is 8.60. The summed E-state index contributed by atoms with van der Waals surface area (Å²) in [7, 11) is 3.11. The Hall–Kier alpha value is -3.28. The largest absolute Gasteiger partial charge is 0.493 e. The van der Waals surface area contributed by atoms with E-state index >= 15 is 0 Å². The maximum absolute atomic E-state index is 12.3. The van der Waals surface area contributed by atoms with Gasteiger partial charge in [0.15, 0.2) is 11.5 Å². The fourth-order valence-corrected chi connectivity index (χ4v) is 2.92. The van der Waals surface area contributed by atoms with Crippen molar-refractivity contribution in [2.75, 3.05) is 14.2 Å². The number of hydrogen-bond donors (Lipinski definition) is 2. The van der Waals surface area contributed by atoms with Gasteiger partial charge in [-0.15, -0.1) is 0 Å². The number of benzene rings is 2. The van der Waals surface area contributed by atoms with Crippen LogP contribution in [0.4, 0.5) is 0 Å². The molecule has 3 aromatic rings. The Morgan fingerprint density at radius 3 is 2.56 bits per heavy atom. The lowest BCUT2D eigenvalue weighted by Gasteiger charge is -2.10. The van der Waals surface area contributed by atoms with Crippen LogP contribution in [0, 0.1) is 6.92 Å². The Bertz CT molecular complexity index is 1040. The highest BCUT2D eigenvalue weighted by molar-refractivity contribution is 5.80. The van der Waals surface area contributed by atoms with Gasteiger partial charge in [0.2, 0.25) is 5.91 Å². The lowest BCUT2D eigenvalue weighted by Crippen LogP contribution is -2.28. The number of amides is 1. The number of pyridine rings is 1. The molecule has 0 aliphatic rings. The van der Waals surface area contributed by atoms with E-state index in [1.165, 1.54) is 0 Å². The first-order valence-electron chi connectivity index (χ1n) is 8.60. The molecule has 0 aliphatic heterocycles. The van der Waals surface area contributed by atoms with Gasteiger partial charge in [-0.2, -0.15) is 0 Å². The second kappa shape index (κ2) is 7.95. The van der Waals surface area contributed by atoms with Gasteiger partial charge in [0.05, 0.1) is 20.6 Å². The maximum atomic E-state index is 12.3. The van der Waals surface area contributed by atoms with Crippen molar-refractivity contribution in [3.8, 4) is 11.5 Å². The first-order chi connectivity index (χ1) is 13.0. The van der Waals surface area contributed by atoms with Gasteiger partial charge in [-0.05, 0) is 47.7 Å². The van der Waals surface area contributed by atoms with Crippen molar-refractivity contribution in [3.63, 3.8) is 0 Å². The zero-order valence-corrected chi connectivity index (χ0v) is 15.6. The van der Waals surface area contributed by atoms with Gasteiger partial charge in [0.25, 0.3) is 5.56 Å². The number of ether oxygens (including phenoxy) is 2. The van der Waals surface area contributed by atoms with Crippen LogP contribution in [0.5, 0.6) is 11.5 Å². The molecule has 1 amide bonds. The number of methoxy groups -OCH3 is 2. The average molecular weight is 366 g/mol. The predicted molar refractivity (Wildman–Crippen MR) is 104 cm³/mol. The molecule has 0 saturated heterocycles. The zero-order valence-electron chi connectivity index (χ0n) is 15.6. The first kappa shape index (κ1) is 18.5. The Balaban J connectivity index is 1.69. The second-order valence-corrected chi connectivity index (χ2v) is 6.36. The highest BCUT2D eigenvalue weighted by Gasteiger charge is 2.10. The number of aromatic nitrogens is 1. The number of carbonyl (C=O) groups excluding carboxylic acids is 1. The van der Waals surface area contributed by atoms with Crippen LogP contribution in [-0.2, 0) is 17.8 Å². The third-order valence-corrected chi connectivity index (χ3v) is 4.37. The minimum Gasteiger partial charge on any atom is -0.493 e. The molecule has 1 aromatic heterocycles. The van der Waals surface area contributed by atoms with E-state index in [4.69, 9.17) is 9.47 Å². The van der Waals surface area contributed by atoms with Crippen LogP contribution in [0.3, 0.4) is 0 Å². The van der Waals surface area contributed by atoms with Crippen molar-refractivity contribution in [1.82, 2.24) is 10.3 Å². The van der Waals surface area contributed by atoms with Gasteiger partial charge in [-0.1, -0.05) is 18.2 Å². The smallest absolute Gasteiger partial charge is 0.253 e. The summed E-state index contributed by atoms with van der Waals surface area (Å²) in [5, 5.41) is 3.73. The van der Waals surface area contributed by atoms with Crippen LogP contribution in [-0.4, -0.2) is 25.1 Å². The molecule has 2 aromatic carbocycles. The molecule has 0 spiro atoms. The second-order valence-electron chi connectivity index (χ2n) is 6.36. The van der Waals surface area contributed by atoms with Crippen molar-refractivity contribution < 1.29 is 14.3 Å². The summed E-state index contributed by atoms with van der Waals surface area (Å²) in [5.41, 5.74) is 2.99. The van der Waals surface area contributed by atoms with E-state index < -0.39 is 0 Å². The van der Waals surface area contributed by atoms with E-state index in [1.807, 2.05) is 37.3 Å². The minimum atomic E-state index is -0.195. The molecule has 0 bridgehead atoms. The molecule has 0 radical (unpaired) electrons. The number of aromatic amines is 1. The van der Waals surface area contributed by atoms with E-state index in [1.54, 1.807) is 26.4 Å². The summed E-state index contributed by atoms with van der Waals surface area (Å²) >= 11 is 0. The van der Waals surface area contributed by atoms with Gasteiger partial charge < -0.3 is 19.8 Å². The lowest BCUT2D eigenvalue weighted by molar-refractivity contribution is -0.120. The molecule has 140 valence electrons. The Morgan fingerprint density at radius 2 is 1.81 bits per heavy atom. The third kappa shape index (κ3) is 4.28. The van der Waals surface area contributed by atoms with E-state index in [9.17, 15) is 9.59 Å². The molecular weight excluding hydrogens is 344 g/mol. The highest BCUT2D eigenvalue weighted by Crippen LogP contribution is 2.27. The van der Waals surface area contributed by atoms with Crippen molar-refractivity contribution in [2.24, 2.45) is 0 Å². The van der Waals surface area contributed by atoms with Crippen LogP contribution in [0.15, 0.2) is 47.3 Å². The highest BCUT2D eigenvalue weighted by atomic mass is 16.5. The Kier molecular flexibility index (Phi) is 5.45. The molecule has 0 atom stereocenters. The summed E-state index contributed by atoms with van der Waals surface area (Å²) in [6.07, 6.45) is 0.186. The van der Waals surface area contributed by atoms with Crippen LogP contribution in [0.1, 0.15) is 16.7 Å². The van der Waals surface area contributed by atoms with E-state index in [-0.39, 0.29) is 24.4 Å². The third-order valence-electron chi connectivity index (χ3n) is 4.37. The predicted octanol–water partition coefficient (Wildman–Crippen LogP) is 2.71. The summed E-state index contributed by atoms with van der Waals surface area (Å²) in [4.78, 5) is 27.4. The standard InChI is InChI=1S/C21H22N2O4/c1-13-4-6-15-11-16(21(25)23-17(15)8-13)12-22-20(24)10-14-5-7-18(26-2)19(9-14)27-3/h4-9,11H,10,12H2,1-3H3,(H,22,24)(H,23,25). The van der Waals surface area contributed by atoms with Crippen molar-refractivity contribution in [1.29, 1.82) is 0 Å². The number of aryl methyl sites for hydroxylation is 1. The lowest BCUT2D eigenvalue weighted by atomic mass is 10.1. The molecule has 27 heavy (non-hydrogen) atoms. The Labute approximate surface area is 157 Å². The Morgan fingerprint density at radius 1 is 1.04 bits per heavy atom. The van der Waals surface area contributed by atoms with Gasteiger partial charge in [0, 0.05) is 17.6 Å². The topological polar surface area (TPSA) is 80.4 Å². The quantitative estimate of drug-likeness (QED) is 0.703. The molecule has 0 unspecified atom stereocenters. The summed E-state index contributed by atoms with van der Waals surface area (Å²) in [6.45, 7) is 2.14. The van der Waals surface area contributed by atoms with Gasteiger partial charge in [0.1, 0.15) is 0 Å². The molecule has 6 heteroatoms. The van der Waals surface area contributed by atoms with Crippen molar-refractivity contribution in [3.05, 3.63) is 69.5 Å². The van der Waals surface area contributed by atoms with Crippen molar-refractivity contribution in [2.45, 2.75) is 19.9 Å². The van der Waals surface area contributed by atoms with Crippen LogP contribution >= 0.6 is 0 Å². The SMILES string of the molecule is COc1ccc(CC(=O)NCc2cc3ccc(C)cc3[nH]c2=O)cc1OC. The molecule has 0 fully saturated rings. The zero-order chi connectivity index (χ0) is 19.4. The van der Waals surface area contributed by atoms with Crippen molar-refractivity contribution >= 4 is 16.8 Å². The number of hydrogen-bond acceptors (Lipinski definition) is 4. The molecule has 6 nitrogen and oxygen atoms in total. The van der Waals surface area contributed by atoms with E-state index in [0.29, 0.717) is 17.1 Å². The number of H-pyrrole nitrogens is 1. The summed E-state index contributed by atoms with van der Waals surface area (Å²) in [6, 6.07) is 13.0. The number of fused-ring (bicyclic) bond motifs is 1. The van der Waals surface area contributed by atoms with Crippen LogP contribution in [0.25, 0.3) is 10.9 Å². The maximum Gasteiger partial charge on any atom is 0.253 e. The van der Waals surface area contributed by atoms with Gasteiger partial charge in [-0.3, -0.25) is 9.59 Å². The minimum absolute atomic E-state index is 0.172. The normalized spacial score (nSPS) is 10.6. The molecule has 2 N–H and O–H groups in total. The number of nitrogens with one attached hydrogen (secondary N) is 2. The average Bonchev–Trinajstić information content (AvgIpc) is 2.66. The van der Waals surface area contributed by atoms with E-state index in [0.717, 1.165) is 22.0 Å². The monoisotopic (exact) mass is 366 g/mol. The fourth-order valence-electron chi connectivity index (χ4n) is 2.92. The van der Waals surface area contributed by atoms with E-state index in [2.05, 4.69) is 10.3 Å². The number of rotatable bonds is 6. The molecule has 3 rings (SSSR count). The summed E-state index contributed by atoms with van der Waals surface area (Å²) < 4.78 is 10.4. The number of carbonyl (C=O) groups is 1.